The third kappa shape index (κ3) is 6.96. The molecular weight excluding hydrogens is 246 g/mol. The van der Waals surface area contributed by atoms with Crippen LogP contribution in [0.3, 0.4) is 0 Å². The minimum absolute atomic E-state index is 0.104. The molecule has 0 spiro atoms. The number of hydrogen-bond acceptors (Lipinski definition) is 4. The van der Waals surface area contributed by atoms with Crippen LogP contribution in [0.25, 0.3) is 0 Å². The van der Waals surface area contributed by atoms with Crippen LogP contribution in [0.1, 0.15) is 34.1 Å². The van der Waals surface area contributed by atoms with E-state index in [1.54, 1.807) is 13.8 Å². The van der Waals surface area contributed by atoms with Crippen LogP contribution in [0.15, 0.2) is 12.7 Å². The van der Waals surface area contributed by atoms with Gasteiger partial charge in [-0.05, 0) is 18.3 Å². The fourth-order valence-corrected chi connectivity index (χ4v) is 1.53. The first-order valence-electron chi connectivity index (χ1n) is 6.55. The van der Waals surface area contributed by atoms with Crippen molar-refractivity contribution in [3.63, 3.8) is 0 Å². The zero-order valence-corrected chi connectivity index (χ0v) is 12.2. The quantitative estimate of drug-likeness (QED) is 0.515. The Morgan fingerprint density at radius 1 is 1.32 bits per heavy atom. The Balaban J connectivity index is 4.53. The molecule has 0 aromatic carbocycles. The molecule has 2 atom stereocenters. The number of aliphatic hydroxyl groups excluding tert-OH is 1. The van der Waals surface area contributed by atoms with Crippen LogP contribution >= 0.6 is 0 Å². The van der Waals surface area contributed by atoms with Gasteiger partial charge in [0.2, 0.25) is 5.91 Å². The lowest BCUT2D eigenvalue weighted by molar-refractivity contribution is -0.149. The topological polar surface area (TPSA) is 75.6 Å². The number of carbonyl (C=O) groups is 2. The van der Waals surface area contributed by atoms with Gasteiger partial charge in [-0.1, -0.05) is 40.3 Å². The minimum Gasteiger partial charge on any atom is -0.460 e. The van der Waals surface area contributed by atoms with Gasteiger partial charge in [0.25, 0.3) is 0 Å². The summed E-state index contributed by atoms with van der Waals surface area (Å²) >= 11 is 0. The van der Waals surface area contributed by atoms with Crippen molar-refractivity contribution in [2.45, 2.75) is 46.3 Å². The van der Waals surface area contributed by atoms with Crippen LogP contribution in [-0.4, -0.2) is 35.7 Å². The Bertz CT molecular complexity index is 313. The third-order valence-corrected chi connectivity index (χ3v) is 2.56. The molecule has 5 heteroatoms. The van der Waals surface area contributed by atoms with Gasteiger partial charge in [-0.25, -0.2) is 4.79 Å². The molecule has 110 valence electrons. The van der Waals surface area contributed by atoms with Crippen molar-refractivity contribution in [1.82, 2.24) is 5.32 Å². The minimum atomic E-state index is -1.10. The van der Waals surface area contributed by atoms with Crippen LogP contribution < -0.4 is 5.32 Å². The Hall–Kier alpha value is -1.36. The molecule has 0 aliphatic carbocycles. The molecule has 0 aromatic heterocycles. The molecule has 0 fully saturated rings. The number of esters is 1. The van der Waals surface area contributed by atoms with Gasteiger partial charge in [0.15, 0.2) is 0 Å². The maximum absolute atomic E-state index is 11.8. The van der Waals surface area contributed by atoms with E-state index in [-0.39, 0.29) is 18.4 Å². The van der Waals surface area contributed by atoms with E-state index in [1.807, 2.05) is 13.8 Å². The summed E-state index contributed by atoms with van der Waals surface area (Å²) in [4.78, 5) is 23.5. The fraction of sp³-hybridized carbons (Fsp3) is 0.714. The average Bonchev–Trinajstić information content (AvgIpc) is 2.31. The van der Waals surface area contributed by atoms with Crippen LogP contribution in [0.4, 0.5) is 0 Å². The molecular formula is C14H25NO4. The molecule has 0 aliphatic rings. The van der Waals surface area contributed by atoms with E-state index >= 15 is 0 Å². The van der Waals surface area contributed by atoms with Gasteiger partial charge in [-0.2, -0.15) is 0 Å². The highest BCUT2D eigenvalue weighted by molar-refractivity contribution is 5.87. The van der Waals surface area contributed by atoms with Crippen molar-refractivity contribution < 1.29 is 19.4 Å². The van der Waals surface area contributed by atoms with Crippen LogP contribution in [0.2, 0.25) is 0 Å². The first kappa shape index (κ1) is 17.6. The second-order valence-corrected chi connectivity index (χ2v) is 5.29. The standard InChI is InChI=1S/C14H25NO4/c1-6-7-19-14(18)12(10(4)5)15-13(17)11(16)8-9(2)3/h6,9-12,16H,1,7-8H2,2-5H3,(H,15,17)/t11-,12-/m0/s1. The van der Waals surface area contributed by atoms with Crippen LogP contribution in [0.5, 0.6) is 0 Å². The van der Waals surface area contributed by atoms with Crippen LogP contribution in [0, 0.1) is 11.8 Å². The van der Waals surface area contributed by atoms with Gasteiger partial charge in [-0.3, -0.25) is 4.79 Å². The molecule has 0 saturated heterocycles. The third-order valence-electron chi connectivity index (χ3n) is 2.56. The van der Waals surface area contributed by atoms with Gasteiger partial charge < -0.3 is 15.2 Å². The fourth-order valence-electron chi connectivity index (χ4n) is 1.53. The number of ether oxygens (including phenoxy) is 1. The number of aliphatic hydroxyl groups is 1. The van der Waals surface area contributed by atoms with E-state index in [4.69, 9.17) is 4.74 Å². The maximum Gasteiger partial charge on any atom is 0.329 e. The average molecular weight is 271 g/mol. The molecule has 0 unspecified atom stereocenters. The first-order chi connectivity index (χ1) is 8.79. The number of carbonyl (C=O) groups excluding carboxylic acids is 2. The molecule has 0 aliphatic heterocycles. The Morgan fingerprint density at radius 2 is 1.89 bits per heavy atom. The van der Waals surface area contributed by atoms with Crippen molar-refractivity contribution in [2.24, 2.45) is 11.8 Å². The molecule has 0 aromatic rings. The van der Waals surface area contributed by atoms with Gasteiger partial charge in [0.05, 0.1) is 0 Å². The van der Waals surface area contributed by atoms with E-state index in [0.29, 0.717) is 6.42 Å². The summed E-state index contributed by atoms with van der Waals surface area (Å²) in [5.41, 5.74) is 0. The van der Waals surface area contributed by atoms with Crippen molar-refractivity contribution in [2.75, 3.05) is 6.61 Å². The first-order valence-corrected chi connectivity index (χ1v) is 6.55. The summed E-state index contributed by atoms with van der Waals surface area (Å²) in [7, 11) is 0. The predicted octanol–water partition coefficient (Wildman–Crippen LogP) is 1.26. The van der Waals surface area contributed by atoms with E-state index in [1.165, 1.54) is 6.08 Å². The highest BCUT2D eigenvalue weighted by atomic mass is 16.5. The van der Waals surface area contributed by atoms with Crippen molar-refractivity contribution in [1.29, 1.82) is 0 Å². The van der Waals surface area contributed by atoms with Gasteiger partial charge in [-0.15, -0.1) is 0 Å². The highest BCUT2D eigenvalue weighted by Gasteiger charge is 2.28. The zero-order valence-electron chi connectivity index (χ0n) is 12.2. The second-order valence-electron chi connectivity index (χ2n) is 5.29. The summed E-state index contributed by atoms with van der Waals surface area (Å²) in [5.74, 6) is -0.971. The monoisotopic (exact) mass is 271 g/mol. The predicted molar refractivity (Wildman–Crippen MR) is 73.4 cm³/mol. The highest BCUT2D eigenvalue weighted by Crippen LogP contribution is 2.08. The summed E-state index contributed by atoms with van der Waals surface area (Å²) in [6.45, 7) is 11.0. The number of rotatable bonds is 8. The summed E-state index contributed by atoms with van der Waals surface area (Å²) in [5, 5.41) is 12.2. The van der Waals surface area contributed by atoms with Crippen molar-refractivity contribution >= 4 is 11.9 Å². The van der Waals surface area contributed by atoms with Gasteiger partial charge in [0.1, 0.15) is 18.8 Å². The molecule has 0 heterocycles. The number of amides is 1. The lowest BCUT2D eigenvalue weighted by atomic mass is 10.0. The number of nitrogens with one attached hydrogen (secondary N) is 1. The van der Waals surface area contributed by atoms with Gasteiger partial charge >= 0.3 is 5.97 Å². The van der Waals surface area contributed by atoms with Crippen molar-refractivity contribution in [3.8, 4) is 0 Å². The molecule has 0 bridgehead atoms. The SMILES string of the molecule is C=CCOC(=O)[C@@H](NC(=O)[C@@H](O)CC(C)C)C(C)C. The van der Waals surface area contributed by atoms with E-state index < -0.39 is 24.0 Å². The molecule has 2 N–H and O–H groups in total. The molecule has 0 rings (SSSR count). The molecule has 0 saturated carbocycles. The molecule has 5 nitrogen and oxygen atoms in total. The second kappa shape index (κ2) is 8.69. The lowest BCUT2D eigenvalue weighted by Crippen LogP contribution is -2.49. The van der Waals surface area contributed by atoms with E-state index in [0.717, 1.165) is 0 Å². The number of hydrogen-bond donors (Lipinski definition) is 2. The largest absolute Gasteiger partial charge is 0.460 e. The van der Waals surface area contributed by atoms with E-state index in [9.17, 15) is 14.7 Å². The smallest absolute Gasteiger partial charge is 0.329 e. The normalized spacial score (nSPS) is 14.1. The Labute approximate surface area is 115 Å². The Kier molecular flexibility index (Phi) is 8.07. The summed E-state index contributed by atoms with van der Waals surface area (Å²) in [6, 6.07) is -0.755. The van der Waals surface area contributed by atoms with Crippen LogP contribution in [-0.2, 0) is 14.3 Å². The summed E-state index contributed by atoms with van der Waals surface area (Å²) < 4.78 is 4.92. The summed E-state index contributed by atoms with van der Waals surface area (Å²) in [6.07, 6.45) is 0.719. The molecule has 0 radical (unpaired) electrons. The molecule has 19 heavy (non-hydrogen) atoms. The van der Waals surface area contributed by atoms with Gasteiger partial charge in [0, 0.05) is 0 Å². The molecule has 1 amide bonds. The Morgan fingerprint density at radius 3 is 2.32 bits per heavy atom. The zero-order chi connectivity index (χ0) is 15.0. The van der Waals surface area contributed by atoms with E-state index in [2.05, 4.69) is 11.9 Å². The lowest BCUT2D eigenvalue weighted by Gasteiger charge is -2.22. The maximum atomic E-state index is 11.8. The van der Waals surface area contributed by atoms with Crippen molar-refractivity contribution in [3.05, 3.63) is 12.7 Å².